The lowest BCUT2D eigenvalue weighted by molar-refractivity contribution is -0.145. The van der Waals surface area contributed by atoms with E-state index in [0.717, 1.165) is 0 Å². The van der Waals surface area contributed by atoms with Crippen molar-refractivity contribution in [1.82, 2.24) is 4.90 Å². The normalized spacial score (nSPS) is 15.8. The third kappa shape index (κ3) is 4.23. The molecule has 7 nitrogen and oxygen atoms in total. The lowest BCUT2D eigenvalue weighted by Crippen LogP contribution is -2.40. The van der Waals surface area contributed by atoms with Gasteiger partial charge in [0.2, 0.25) is 0 Å². The molecule has 23 heavy (non-hydrogen) atoms. The molecule has 1 aromatic carbocycles. The second-order valence-electron chi connectivity index (χ2n) is 5.27. The Balaban J connectivity index is 1.99. The Labute approximate surface area is 133 Å². The van der Waals surface area contributed by atoms with Gasteiger partial charge in [0.15, 0.2) is 0 Å². The number of aromatic hydroxyl groups is 1. The van der Waals surface area contributed by atoms with Crippen LogP contribution in [0.15, 0.2) is 36.0 Å². The SMILES string of the molecule is N#C/C(=C/Nc1ccc(O)cc1)C(=O)N1CCC(C(=O)O)CC1. The number of hydrogen-bond acceptors (Lipinski definition) is 5. The predicted octanol–water partition coefficient (Wildman–Crippen LogP) is 1.53. The molecule has 0 spiro atoms. The molecule has 7 heteroatoms. The van der Waals surface area contributed by atoms with Crippen LogP contribution < -0.4 is 5.32 Å². The number of phenolic OH excluding ortho intramolecular Hbond substituents is 1. The van der Waals surface area contributed by atoms with Gasteiger partial charge in [-0.2, -0.15) is 5.26 Å². The molecule has 1 aliphatic heterocycles. The zero-order valence-electron chi connectivity index (χ0n) is 12.4. The highest BCUT2D eigenvalue weighted by molar-refractivity contribution is 5.97. The molecular weight excluding hydrogens is 298 g/mol. The zero-order chi connectivity index (χ0) is 16.8. The number of carboxylic acids is 1. The van der Waals surface area contributed by atoms with Crippen LogP contribution in [0.1, 0.15) is 12.8 Å². The predicted molar refractivity (Wildman–Crippen MR) is 82.4 cm³/mol. The molecule has 2 rings (SSSR count). The van der Waals surface area contributed by atoms with E-state index in [1.165, 1.54) is 23.2 Å². The van der Waals surface area contributed by atoms with Crippen molar-refractivity contribution < 1.29 is 19.8 Å². The van der Waals surface area contributed by atoms with Crippen molar-refractivity contribution in [3.63, 3.8) is 0 Å². The van der Waals surface area contributed by atoms with Gasteiger partial charge in [-0.15, -0.1) is 0 Å². The first-order valence-electron chi connectivity index (χ1n) is 7.19. The Bertz CT molecular complexity index is 653. The van der Waals surface area contributed by atoms with E-state index in [-0.39, 0.29) is 11.3 Å². The maximum Gasteiger partial charge on any atom is 0.306 e. The molecule has 0 aliphatic carbocycles. The van der Waals surface area contributed by atoms with E-state index in [1.807, 2.05) is 6.07 Å². The van der Waals surface area contributed by atoms with Gasteiger partial charge >= 0.3 is 5.97 Å². The van der Waals surface area contributed by atoms with E-state index in [0.29, 0.717) is 31.6 Å². The molecule has 120 valence electrons. The van der Waals surface area contributed by atoms with E-state index in [4.69, 9.17) is 10.4 Å². The van der Waals surface area contributed by atoms with Gasteiger partial charge in [0.25, 0.3) is 5.91 Å². The van der Waals surface area contributed by atoms with Crippen LogP contribution in [0.2, 0.25) is 0 Å². The number of anilines is 1. The number of aliphatic carboxylic acids is 1. The van der Waals surface area contributed by atoms with E-state index in [2.05, 4.69) is 5.32 Å². The molecule has 0 unspecified atom stereocenters. The van der Waals surface area contributed by atoms with Crippen molar-refractivity contribution in [2.75, 3.05) is 18.4 Å². The fourth-order valence-electron chi connectivity index (χ4n) is 2.35. The van der Waals surface area contributed by atoms with Crippen molar-refractivity contribution in [3.05, 3.63) is 36.0 Å². The van der Waals surface area contributed by atoms with Gasteiger partial charge < -0.3 is 20.4 Å². The monoisotopic (exact) mass is 315 g/mol. The Morgan fingerprint density at radius 1 is 1.26 bits per heavy atom. The second kappa shape index (κ2) is 7.31. The van der Waals surface area contributed by atoms with Crippen molar-refractivity contribution in [3.8, 4) is 11.8 Å². The summed E-state index contributed by atoms with van der Waals surface area (Å²) >= 11 is 0. The number of hydrogen-bond donors (Lipinski definition) is 3. The summed E-state index contributed by atoms with van der Waals surface area (Å²) in [6.45, 7) is 0.655. The average molecular weight is 315 g/mol. The number of nitriles is 1. The van der Waals surface area contributed by atoms with Crippen LogP contribution >= 0.6 is 0 Å². The molecule has 1 amide bonds. The summed E-state index contributed by atoms with van der Waals surface area (Å²) in [5.41, 5.74) is 0.583. The highest BCUT2D eigenvalue weighted by atomic mass is 16.4. The summed E-state index contributed by atoms with van der Waals surface area (Å²) in [4.78, 5) is 24.7. The molecule has 0 aromatic heterocycles. The summed E-state index contributed by atoms with van der Waals surface area (Å²) in [7, 11) is 0. The van der Waals surface area contributed by atoms with Crippen LogP contribution in [0.25, 0.3) is 0 Å². The third-order valence-corrected chi connectivity index (χ3v) is 3.73. The second-order valence-corrected chi connectivity index (χ2v) is 5.27. The minimum absolute atomic E-state index is 0.0492. The number of carbonyl (C=O) groups is 2. The lowest BCUT2D eigenvalue weighted by Gasteiger charge is -2.29. The standard InChI is InChI=1S/C16H17N3O4/c17-9-12(10-18-13-1-3-14(20)4-2-13)15(21)19-7-5-11(6-8-19)16(22)23/h1-4,10-11,18,20H,5-8H2,(H,22,23)/b12-10-. The highest BCUT2D eigenvalue weighted by Gasteiger charge is 2.28. The van der Waals surface area contributed by atoms with Gasteiger partial charge in [-0.05, 0) is 37.1 Å². The number of nitrogens with one attached hydrogen (secondary N) is 1. The van der Waals surface area contributed by atoms with Crippen molar-refractivity contribution in [2.45, 2.75) is 12.8 Å². The average Bonchev–Trinajstić information content (AvgIpc) is 2.57. The number of likely N-dealkylation sites (tertiary alicyclic amines) is 1. The number of amides is 1. The summed E-state index contributed by atoms with van der Waals surface area (Å²) < 4.78 is 0. The molecule has 1 heterocycles. The highest BCUT2D eigenvalue weighted by Crippen LogP contribution is 2.19. The first-order valence-corrected chi connectivity index (χ1v) is 7.19. The largest absolute Gasteiger partial charge is 0.508 e. The molecule has 1 fully saturated rings. The first-order chi connectivity index (χ1) is 11.0. The summed E-state index contributed by atoms with van der Waals surface area (Å²) in [5, 5.41) is 30.1. The minimum atomic E-state index is -0.845. The van der Waals surface area contributed by atoms with E-state index in [9.17, 15) is 14.7 Å². The molecule has 0 radical (unpaired) electrons. The van der Waals surface area contributed by atoms with Crippen LogP contribution in [0.3, 0.4) is 0 Å². The number of rotatable bonds is 4. The van der Waals surface area contributed by atoms with Crippen LogP contribution in [0, 0.1) is 17.2 Å². The Morgan fingerprint density at radius 2 is 1.87 bits per heavy atom. The van der Waals surface area contributed by atoms with Gasteiger partial charge in [0.05, 0.1) is 5.92 Å². The molecule has 0 saturated carbocycles. The minimum Gasteiger partial charge on any atom is -0.508 e. The topological polar surface area (TPSA) is 114 Å². The molecule has 1 saturated heterocycles. The summed E-state index contributed by atoms with van der Waals surface area (Å²) in [6.07, 6.45) is 2.11. The number of carboxylic acid groups (broad SMARTS) is 1. The number of carbonyl (C=O) groups excluding carboxylic acids is 1. The third-order valence-electron chi connectivity index (χ3n) is 3.73. The summed E-state index contributed by atoms with van der Waals surface area (Å²) in [5.74, 6) is -1.56. The smallest absolute Gasteiger partial charge is 0.306 e. The van der Waals surface area contributed by atoms with Crippen molar-refractivity contribution in [1.29, 1.82) is 5.26 Å². The van der Waals surface area contributed by atoms with Crippen LogP contribution in [-0.4, -0.2) is 40.1 Å². The zero-order valence-corrected chi connectivity index (χ0v) is 12.4. The maximum atomic E-state index is 12.3. The van der Waals surface area contributed by atoms with Crippen molar-refractivity contribution >= 4 is 17.6 Å². The number of piperidine rings is 1. The number of nitrogens with zero attached hydrogens (tertiary/aromatic N) is 2. The van der Waals surface area contributed by atoms with Gasteiger partial charge in [0.1, 0.15) is 17.4 Å². The summed E-state index contributed by atoms with van der Waals surface area (Å²) in [6, 6.07) is 8.06. The molecule has 3 N–H and O–H groups in total. The quantitative estimate of drug-likeness (QED) is 0.441. The van der Waals surface area contributed by atoms with E-state index in [1.54, 1.807) is 12.1 Å². The molecule has 1 aliphatic rings. The van der Waals surface area contributed by atoms with Gasteiger partial charge in [-0.25, -0.2) is 0 Å². The van der Waals surface area contributed by atoms with Gasteiger partial charge in [-0.3, -0.25) is 9.59 Å². The molecule has 1 aromatic rings. The van der Waals surface area contributed by atoms with Crippen LogP contribution in [0.4, 0.5) is 5.69 Å². The maximum absolute atomic E-state index is 12.3. The Kier molecular flexibility index (Phi) is 5.20. The Morgan fingerprint density at radius 3 is 2.39 bits per heavy atom. The molecule has 0 atom stereocenters. The van der Waals surface area contributed by atoms with Crippen LogP contribution in [0.5, 0.6) is 5.75 Å². The van der Waals surface area contributed by atoms with Crippen molar-refractivity contribution in [2.24, 2.45) is 5.92 Å². The molecular formula is C16H17N3O4. The van der Waals surface area contributed by atoms with Gasteiger partial charge in [0, 0.05) is 25.0 Å². The van der Waals surface area contributed by atoms with E-state index < -0.39 is 17.8 Å². The lowest BCUT2D eigenvalue weighted by atomic mass is 9.97. The number of phenols is 1. The molecule has 0 bridgehead atoms. The van der Waals surface area contributed by atoms with Gasteiger partial charge in [-0.1, -0.05) is 0 Å². The fourth-order valence-corrected chi connectivity index (χ4v) is 2.35. The fraction of sp³-hybridized carbons (Fsp3) is 0.312. The number of benzene rings is 1. The first kappa shape index (κ1) is 16.4. The van der Waals surface area contributed by atoms with E-state index >= 15 is 0 Å². The van der Waals surface area contributed by atoms with Crippen LogP contribution in [-0.2, 0) is 9.59 Å². The Hall–Kier alpha value is -3.01.